The van der Waals surface area contributed by atoms with Crippen LogP contribution in [0.2, 0.25) is 0 Å². The first-order valence-corrected chi connectivity index (χ1v) is 10.8. The normalized spacial score (nSPS) is 15.6. The zero-order valence-corrected chi connectivity index (χ0v) is 17.1. The lowest BCUT2D eigenvalue weighted by Crippen LogP contribution is -2.36. The van der Waals surface area contributed by atoms with E-state index in [1.54, 1.807) is 35.3 Å². The average Bonchev–Trinajstić information content (AvgIpc) is 3.32. The molecule has 0 fully saturated rings. The predicted octanol–water partition coefficient (Wildman–Crippen LogP) is 1.12. The standard InChI is InChI=1S/C20H21N5O4S/c1-29-16-4-6-17(7-5-16)30(27,28)24-15-9-19-18(12-23-25(19)13-15)20(26)22-11-14-3-2-8-21-10-14/h2-8,10,12,15,24H,9,11,13H2,1H3,(H,22,26)/t15-/m0/s1. The van der Waals surface area contributed by atoms with Crippen molar-refractivity contribution in [2.45, 2.75) is 30.4 Å². The van der Waals surface area contributed by atoms with Gasteiger partial charge in [-0.05, 0) is 35.9 Å². The van der Waals surface area contributed by atoms with Gasteiger partial charge in [-0.15, -0.1) is 0 Å². The highest BCUT2D eigenvalue weighted by Gasteiger charge is 2.31. The molecule has 0 aliphatic carbocycles. The number of ether oxygens (including phenoxy) is 1. The number of hydrogen-bond acceptors (Lipinski definition) is 6. The van der Waals surface area contributed by atoms with Crippen LogP contribution in [0.15, 0.2) is 59.9 Å². The summed E-state index contributed by atoms with van der Waals surface area (Å²) < 4.78 is 34.8. The Kier molecular flexibility index (Phi) is 5.51. The first-order valence-electron chi connectivity index (χ1n) is 9.34. The lowest BCUT2D eigenvalue weighted by atomic mass is 10.1. The van der Waals surface area contributed by atoms with Crippen molar-refractivity contribution in [1.29, 1.82) is 0 Å². The third kappa shape index (κ3) is 4.19. The zero-order valence-electron chi connectivity index (χ0n) is 16.3. The summed E-state index contributed by atoms with van der Waals surface area (Å²) in [5, 5.41) is 7.09. The van der Waals surface area contributed by atoms with Crippen LogP contribution in [0.1, 0.15) is 21.6 Å². The molecule has 1 aromatic carbocycles. The third-order valence-corrected chi connectivity index (χ3v) is 6.43. The number of hydrogen-bond donors (Lipinski definition) is 2. The number of amides is 1. The van der Waals surface area contributed by atoms with E-state index in [4.69, 9.17) is 4.74 Å². The van der Waals surface area contributed by atoms with Crippen molar-refractivity contribution in [3.8, 4) is 5.75 Å². The number of sulfonamides is 1. The van der Waals surface area contributed by atoms with Crippen molar-refractivity contribution >= 4 is 15.9 Å². The largest absolute Gasteiger partial charge is 0.497 e. The second-order valence-electron chi connectivity index (χ2n) is 6.93. The number of carbonyl (C=O) groups excluding carboxylic acids is 1. The van der Waals surface area contributed by atoms with E-state index in [1.165, 1.54) is 25.4 Å². The van der Waals surface area contributed by atoms with Crippen molar-refractivity contribution in [2.24, 2.45) is 0 Å². The van der Waals surface area contributed by atoms with Gasteiger partial charge in [-0.25, -0.2) is 13.1 Å². The second-order valence-corrected chi connectivity index (χ2v) is 8.64. The number of aromatic nitrogens is 3. The van der Waals surface area contributed by atoms with Gasteiger partial charge in [-0.3, -0.25) is 14.5 Å². The Morgan fingerprint density at radius 2 is 2.03 bits per heavy atom. The average molecular weight is 427 g/mol. The van der Waals surface area contributed by atoms with Crippen LogP contribution in [-0.4, -0.2) is 42.2 Å². The maximum absolute atomic E-state index is 12.7. The SMILES string of the molecule is COc1ccc(S(=O)(=O)N[C@H]2Cc3c(C(=O)NCc4cccnc4)cnn3C2)cc1. The summed E-state index contributed by atoms with van der Waals surface area (Å²) >= 11 is 0. The maximum atomic E-state index is 12.7. The lowest BCUT2D eigenvalue weighted by Gasteiger charge is -2.13. The van der Waals surface area contributed by atoms with E-state index >= 15 is 0 Å². The summed E-state index contributed by atoms with van der Waals surface area (Å²) in [4.78, 5) is 16.8. The smallest absolute Gasteiger partial charge is 0.255 e. The van der Waals surface area contributed by atoms with Crippen LogP contribution in [0.3, 0.4) is 0 Å². The molecule has 0 radical (unpaired) electrons. The van der Waals surface area contributed by atoms with Crippen LogP contribution in [0, 0.1) is 0 Å². The van der Waals surface area contributed by atoms with Gasteiger partial charge in [0.05, 0.1) is 36.0 Å². The van der Waals surface area contributed by atoms with Crippen molar-refractivity contribution in [2.75, 3.05) is 7.11 Å². The van der Waals surface area contributed by atoms with Crippen LogP contribution >= 0.6 is 0 Å². The van der Waals surface area contributed by atoms with E-state index < -0.39 is 10.0 Å². The van der Waals surface area contributed by atoms with Gasteiger partial charge in [0.15, 0.2) is 0 Å². The molecule has 0 unspecified atom stereocenters. The molecule has 0 saturated carbocycles. The molecule has 2 N–H and O–H groups in total. The van der Waals surface area contributed by atoms with Crippen LogP contribution in [0.25, 0.3) is 0 Å². The molecule has 4 rings (SSSR count). The minimum absolute atomic E-state index is 0.155. The predicted molar refractivity (Wildman–Crippen MR) is 108 cm³/mol. The molecule has 3 heterocycles. The third-order valence-electron chi connectivity index (χ3n) is 4.89. The van der Waals surface area contributed by atoms with Gasteiger partial charge >= 0.3 is 0 Å². The maximum Gasteiger partial charge on any atom is 0.255 e. The topological polar surface area (TPSA) is 115 Å². The van der Waals surface area contributed by atoms with E-state index in [-0.39, 0.29) is 16.8 Å². The minimum Gasteiger partial charge on any atom is -0.497 e. The number of carbonyl (C=O) groups is 1. The fourth-order valence-electron chi connectivity index (χ4n) is 3.38. The Labute approximate surface area is 174 Å². The quantitative estimate of drug-likeness (QED) is 0.584. The van der Waals surface area contributed by atoms with Gasteiger partial charge in [-0.2, -0.15) is 5.10 Å². The molecular formula is C20H21N5O4S. The van der Waals surface area contributed by atoms with E-state index in [0.29, 0.717) is 36.5 Å². The fraction of sp³-hybridized carbons (Fsp3) is 0.250. The number of nitrogens with zero attached hydrogens (tertiary/aromatic N) is 3. The van der Waals surface area contributed by atoms with Gasteiger partial charge in [0.1, 0.15) is 5.75 Å². The first kappa shape index (κ1) is 20.0. The molecule has 156 valence electrons. The van der Waals surface area contributed by atoms with Crippen molar-refractivity contribution < 1.29 is 17.9 Å². The number of rotatable bonds is 7. The van der Waals surface area contributed by atoms with Crippen LogP contribution in [0.4, 0.5) is 0 Å². The van der Waals surface area contributed by atoms with E-state index in [0.717, 1.165) is 5.56 Å². The summed E-state index contributed by atoms with van der Waals surface area (Å²) in [6.07, 6.45) is 5.25. The van der Waals surface area contributed by atoms with Gasteiger partial charge < -0.3 is 10.1 Å². The summed E-state index contributed by atoms with van der Waals surface area (Å²) in [7, 11) is -2.18. The van der Waals surface area contributed by atoms with Gasteiger partial charge in [0.25, 0.3) is 5.91 Å². The molecule has 2 aromatic heterocycles. The number of pyridine rings is 1. The summed E-state index contributed by atoms with van der Waals surface area (Å²) in [5.74, 6) is 0.329. The lowest BCUT2D eigenvalue weighted by molar-refractivity contribution is 0.0950. The Morgan fingerprint density at radius 1 is 1.23 bits per heavy atom. The monoisotopic (exact) mass is 427 g/mol. The Bertz CT molecular complexity index is 1140. The molecule has 1 aliphatic heterocycles. The van der Waals surface area contributed by atoms with Crippen LogP contribution in [-0.2, 0) is 29.5 Å². The molecule has 1 amide bonds. The number of methoxy groups -OCH3 is 1. The molecule has 0 saturated heterocycles. The second kappa shape index (κ2) is 8.25. The van der Waals surface area contributed by atoms with E-state index in [1.807, 2.05) is 6.07 Å². The molecular weight excluding hydrogens is 406 g/mol. The molecule has 10 heteroatoms. The Morgan fingerprint density at radius 3 is 2.73 bits per heavy atom. The Balaban J connectivity index is 1.41. The van der Waals surface area contributed by atoms with Crippen LogP contribution in [0.5, 0.6) is 5.75 Å². The fourth-order valence-corrected chi connectivity index (χ4v) is 4.61. The molecule has 9 nitrogen and oxygen atoms in total. The summed E-state index contributed by atoms with van der Waals surface area (Å²) in [6, 6.07) is 9.47. The summed E-state index contributed by atoms with van der Waals surface area (Å²) in [5.41, 5.74) is 2.05. The molecule has 30 heavy (non-hydrogen) atoms. The number of nitrogens with one attached hydrogen (secondary N) is 2. The molecule has 1 atom stereocenters. The minimum atomic E-state index is -3.70. The zero-order chi connectivity index (χ0) is 21.1. The highest BCUT2D eigenvalue weighted by Crippen LogP contribution is 2.22. The first-order chi connectivity index (χ1) is 14.5. The van der Waals surface area contributed by atoms with Crippen molar-refractivity contribution in [1.82, 2.24) is 24.8 Å². The highest BCUT2D eigenvalue weighted by molar-refractivity contribution is 7.89. The molecule has 3 aromatic rings. The van der Waals surface area contributed by atoms with Crippen molar-refractivity contribution in [3.63, 3.8) is 0 Å². The number of benzene rings is 1. The highest BCUT2D eigenvalue weighted by atomic mass is 32.2. The van der Waals surface area contributed by atoms with Gasteiger partial charge in [0, 0.05) is 31.4 Å². The Hall–Kier alpha value is -3.24. The molecule has 0 bridgehead atoms. The van der Waals surface area contributed by atoms with Crippen LogP contribution < -0.4 is 14.8 Å². The van der Waals surface area contributed by atoms with E-state index in [9.17, 15) is 13.2 Å². The molecule has 1 aliphatic rings. The van der Waals surface area contributed by atoms with Crippen molar-refractivity contribution in [3.05, 3.63) is 71.8 Å². The van der Waals surface area contributed by atoms with Gasteiger partial charge in [0.2, 0.25) is 10.0 Å². The molecule has 0 spiro atoms. The van der Waals surface area contributed by atoms with E-state index in [2.05, 4.69) is 20.1 Å². The number of fused-ring (bicyclic) bond motifs is 1. The van der Waals surface area contributed by atoms with Gasteiger partial charge in [-0.1, -0.05) is 6.07 Å². The summed E-state index contributed by atoms with van der Waals surface area (Å²) in [6.45, 7) is 0.714.